The van der Waals surface area contributed by atoms with Crippen LogP contribution in [-0.4, -0.2) is 10.2 Å². The molecule has 3 heteroatoms. The van der Waals surface area contributed by atoms with E-state index in [1.807, 2.05) is 6.92 Å². The molecule has 1 N–H and O–H groups in total. The van der Waals surface area contributed by atoms with Crippen LogP contribution in [0.5, 0.6) is 0 Å². The van der Waals surface area contributed by atoms with Crippen molar-refractivity contribution in [3.05, 3.63) is 30.1 Å². The SMILES string of the molecule is C=Cc1c(C(=C)Cl)n[nH]c1C. The first-order valence-electron chi connectivity index (χ1n) is 3.19. The number of hydrogen-bond acceptors (Lipinski definition) is 1. The number of hydrogen-bond donors (Lipinski definition) is 1. The lowest BCUT2D eigenvalue weighted by atomic mass is 10.2. The van der Waals surface area contributed by atoms with Crippen LogP contribution in [0.25, 0.3) is 11.1 Å². The highest BCUT2D eigenvalue weighted by molar-refractivity contribution is 6.48. The quantitative estimate of drug-likeness (QED) is 0.723. The van der Waals surface area contributed by atoms with Crippen LogP contribution in [0.4, 0.5) is 0 Å². The summed E-state index contributed by atoms with van der Waals surface area (Å²) >= 11 is 5.68. The molecule has 0 radical (unpaired) electrons. The number of aromatic amines is 1. The lowest BCUT2D eigenvalue weighted by Gasteiger charge is -1.92. The van der Waals surface area contributed by atoms with E-state index < -0.39 is 0 Å². The first kappa shape index (κ1) is 8.08. The van der Waals surface area contributed by atoms with Crippen LogP contribution >= 0.6 is 11.6 Å². The molecule has 0 aliphatic carbocycles. The standard InChI is InChI=1S/C8H9ClN2/c1-4-7-6(3)10-11-8(7)5(2)9/h4H,1-2H2,3H3,(H,10,11). The summed E-state index contributed by atoms with van der Waals surface area (Å²) in [6.45, 7) is 9.14. The first-order valence-corrected chi connectivity index (χ1v) is 3.56. The second-order valence-electron chi connectivity index (χ2n) is 2.22. The Labute approximate surface area is 70.6 Å². The second-order valence-corrected chi connectivity index (χ2v) is 2.68. The fourth-order valence-corrected chi connectivity index (χ4v) is 1.04. The van der Waals surface area contributed by atoms with Crippen molar-refractivity contribution in [1.29, 1.82) is 0 Å². The highest BCUT2D eigenvalue weighted by Gasteiger charge is 2.07. The Kier molecular flexibility index (Phi) is 2.15. The third kappa shape index (κ3) is 1.35. The summed E-state index contributed by atoms with van der Waals surface area (Å²) < 4.78 is 0. The summed E-state index contributed by atoms with van der Waals surface area (Å²) in [5.41, 5.74) is 2.56. The molecule has 1 aromatic rings. The summed E-state index contributed by atoms with van der Waals surface area (Å²) in [7, 11) is 0. The van der Waals surface area contributed by atoms with Gasteiger partial charge in [0.05, 0.1) is 5.03 Å². The van der Waals surface area contributed by atoms with E-state index in [2.05, 4.69) is 23.4 Å². The van der Waals surface area contributed by atoms with Crippen LogP contribution in [0, 0.1) is 6.92 Å². The number of rotatable bonds is 2. The van der Waals surface area contributed by atoms with Crippen molar-refractivity contribution < 1.29 is 0 Å². The summed E-state index contributed by atoms with van der Waals surface area (Å²) in [6, 6.07) is 0. The molecule has 0 amide bonds. The van der Waals surface area contributed by atoms with E-state index in [0.29, 0.717) is 10.7 Å². The zero-order chi connectivity index (χ0) is 8.43. The molecular weight excluding hydrogens is 160 g/mol. The maximum Gasteiger partial charge on any atom is 0.110 e. The summed E-state index contributed by atoms with van der Waals surface area (Å²) in [5, 5.41) is 7.20. The van der Waals surface area contributed by atoms with Crippen LogP contribution < -0.4 is 0 Å². The fraction of sp³-hybridized carbons (Fsp3) is 0.125. The average Bonchev–Trinajstić information content (AvgIpc) is 2.30. The predicted octanol–water partition coefficient (Wildman–Crippen LogP) is 2.57. The molecule has 0 aromatic carbocycles. The third-order valence-corrected chi connectivity index (χ3v) is 1.63. The highest BCUT2D eigenvalue weighted by Crippen LogP contribution is 2.21. The van der Waals surface area contributed by atoms with Gasteiger partial charge in [-0.25, -0.2) is 0 Å². The molecule has 0 saturated carbocycles. The zero-order valence-electron chi connectivity index (χ0n) is 6.32. The monoisotopic (exact) mass is 168 g/mol. The van der Waals surface area contributed by atoms with Crippen molar-refractivity contribution in [2.45, 2.75) is 6.92 Å². The van der Waals surface area contributed by atoms with Crippen LogP contribution in [-0.2, 0) is 0 Å². The van der Waals surface area contributed by atoms with Gasteiger partial charge >= 0.3 is 0 Å². The molecule has 0 atom stereocenters. The molecule has 2 nitrogen and oxygen atoms in total. The Hall–Kier alpha value is -1.02. The highest BCUT2D eigenvalue weighted by atomic mass is 35.5. The Morgan fingerprint density at radius 2 is 2.36 bits per heavy atom. The van der Waals surface area contributed by atoms with Crippen LogP contribution in [0.3, 0.4) is 0 Å². The van der Waals surface area contributed by atoms with Gasteiger partial charge in [-0.2, -0.15) is 5.10 Å². The Morgan fingerprint density at radius 3 is 2.73 bits per heavy atom. The molecule has 1 rings (SSSR count). The molecule has 0 aliphatic rings. The van der Waals surface area contributed by atoms with E-state index in [4.69, 9.17) is 11.6 Å². The van der Waals surface area contributed by atoms with Crippen molar-refractivity contribution in [3.8, 4) is 0 Å². The molecule has 0 aliphatic heterocycles. The topological polar surface area (TPSA) is 28.7 Å². The van der Waals surface area contributed by atoms with Crippen LogP contribution in [0.2, 0.25) is 0 Å². The van der Waals surface area contributed by atoms with Gasteiger partial charge in [0.1, 0.15) is 5.69 Å². The number of nitrogens with zero attached hydrogens (tertiary/aromatic N) is 1. The van der Waals surface area contributed by atoms with Crippen molar-refractivity contribution in [2.24, 2.45) is 0 Å². The van der Waals surface area contributed by atoms with Crippen LogP contribution in [0.1, 0.15) is 17.0 Å². The van der Waals surface area contributed by atoms with Gasteiger partial charge in [0.15, 0.2) is 0 Å². The maximum absolute atomic E-state index is 5.68. The lowest BCUT2D eigenvalue weighted by Crippen LogP contribution is -1.79. The molecule has 1 aromatic heterocycles. The second kappa shape index (κ2) is 2.93. The molecule has 1 heterocycles. The minimum atomic E-state index is 0.434. The van der Waals surface area contributed by atoms with Crippen LogP contribution in [0.15, 0.2) is 13.2 Å². The summed E-state index contributed by atoms with van der Waals surface area (Å²) in [6.07, 6.45) is 1.71. The normalized spacial score (nSPS) is 9.64. The maximum atomic E-state index is 5.68. The molecular formula is C8H9ClN2. The lowest BCUT2D eigenvalue weighted by molar-refractivity contribution is 1.04. The van der Waals surface area contributed by atoms with Gasteiger partial charge in [-0.05, 0) is 6.92 Å². The first-order chi connectivity index (χ1) is 5.16. The summed E-state index contributed by atoms with van der Waals surface area (Å²) in [5.74, 6) is 0. The van der Waals surface area contributed by atoms with Crippen molar-refractivity contribution in [3.63, 3.8) is 0 Å². The van der Waals surface area contributed by atoms with E-state index in [-0.39, 0.29) is 0 Å². The fourth-order valence-electron chi connectivity index (χ4n) is 0.894. The predicted molar refractivity (Wildman–Crippen MR) is 48.3 cm³/mol. The Bertz CT molecular complexity index is 299. The van der Waals surface area contributed by atoms with Gasteiger partial charge < -0.3 is 0 Å². The molecule has 0 spiro atoms. The van der Waals surface area contributed by atoms with Gasteiger partial charge in [-0.15, -0.1) is 0 Å². The molecule has 0 saturated heterocycles. The third-order valence-electron chi connectivity index (χ3n) is 1.46. The molecule has 11 heavy (non-hydrogen) atoms. The van der Waals surface area contributed by atoms with Gasteiger partial charge in [0.2, 0.25) is 0 Å². The molecule has 0 fully saturated rings. The van der Waals surface area contributed by atoms with E-state index in [0.717, 1.165) is 11.3 Å². The van der Waals surface area contributed by atoms with Crippen molar-refractivity contribution in [2.75, 3.05) is 0 Å². The molecule has 0 bridgehead atoms. The number of halogens is 1. The number of nitrogens with one attached hydrogen (secondary N) is 1. The smallest absolute Gasteiger partial charge is 0.110 e. The largest absolute Gasteiger partial charge is 0.282 e. The molecule has 0 unspecified atom stereocenters. The molecule has 58 valence electrons. The van der Waals surface area contributed by atoms with E-state index >= 15 is 0 Å². The van der Waals surface area contributed by atoms with E-state index in [9.17, 15) is 0 Å². The van der Waals surface area contributed by atoms with Gasteiger partial charge in [-0.3, -0.25) is 5.10 Å². The van der Waals surface area contributed by atoms with Gasteiger partial charge in [0.25, 0.3) is 0 Å². The van der Waals surface area contributed by atoms with Gasteiger partial charge in [0, 0.05) is 11.3 Å². The van der Waals surface area contributed by atoms with E-state index in [1.165, 1.54) is 0 Å². The average molecular weight is 169 g/mol. The zero-order valence-corrected chi connectivity index (χ0v) is 7.07. The summed E-state index contributed by atoms with van der Waals surface area (Å²) in [4.78, 5) is 0. The Morgan fingerprint density at radius 1 is 1.73 bits per heavy atom. The van der Waals surface area contributed by atoms with Gasteiger partial charge in [-0.1, -0.05) is 30.8 Å². The Balaban J connectivity index is 3.26. The van der Waals surface area contributed by atoms with Crippen molar-refractivity contribution in [1.82, 2.24) is 10.2 Å². The number of H-pyrrole nitrogens is 1. The number of aryl methyl sites for hydroxylation is 1. The minimum Gasteiger partial charge on any atom is -0.282 e. The van der Waals surface area contributed by atoms with E-state index in [1.54, 1.807) is 6.08 Å². The van der Waals surface area contributed by atoms with Crippen molar-refractivity contribution >= 4 is 22.7 Å². The number of aromatic nitrogens is 2. The minimum absolute atomic E-state index is 0.434.